The molecule has 0 saturated heterocycles. The van der Waals surface area contributed by atoms with Gasteiger partial charge in [0.15, 0.2) is 0 Å². The van der Waals surface area contributed by atoms with Gasteiger partial charge in [0.25, 0.3) is 21.8 Å². The van der Waals surface area contributed by atoms with Crippen LogP contribution in [-0.2, 0) is 27.9 Å². The van der Waals surface area contributed by atoms with E-state index < -0.39 is 15.9 Å². The number of hydrogen-bond donors (Lipinski definition) is 1. The van der Waals surface area contributed by atoms with E-state index in [2.05, 4.69) is 10.3 Å². The van der Waals surface area contributed by atoms with Crippen molar-refractivity contribution in [3.63, 3.8) is 0 Å². The normalized spacial score (nSPS) is 14.9. The average molecular weight is 478 g/mol. The van der Waals surface area contributed by atoms with Crippen LogP contribution in [0.2, 0.25) is 0 Å². The highest BCUT2D eigenvalue weighted by atomic mass is 32.2. The number of benzene rings is 2. The molecule has 1 aliphatic heterocycles. The van der Waals surface area contributed by atoms with Crippen molar-refractivity contribution in [1.82, 2.24) is 14.6 Å². The van der Waals surface area contributed by atoms with Gasteiger partial charge in [-0.05, 0) is 66.6 Å². The van der Waals surface area contributed by atoms with Gasteiger partial charge >= 0.3 is 0 Å². The number of hydrogen-bond acceptors (Lipinski definition) is 6. The topological polar surface area (TPSA) is 106 Å². The number of methoxy groups -OCH3 is 1. The SMILES string of the molecule is COc1ccc(C2=C(C)C(=O)N(Cc3ccc(C(=O)NCc4ccccn4)cc3)S2(=O)=O)cc1. The first kappa shape index (κ1) is 23.2. The number of nitrogens with zero attached hydrogens (tertiary/aromatic N) is 2. The molecule has 3 aromatic rings. The van der Waals surface area contributed by atoms with Crippen LogP contribution in [0.4, 0.5) is 0 Å². The number of rotatable bonds is 7. The molecule has 1 N–H and O–H groups in total. The molecule has 1 aromatic heterocycles. The van der Waals surface area contributed by atoms with Crippen molar-refractivity contribution < 1.29 is 22.7 Å². The van der Waals surface area contributed by atoms with Gasteiger partial charge in [0, 0.05) is 17.3 Å². The van der Waals surface area contributed by atoms with Crippen LogP contribution in [0.1, 0.15) is 34.1 Å². The zero-order chi connectivity index (χ0) is 24.3. The van der Waals surface area contributed by atoms with E-state index in [0.29, 0.717) is 29.0 Å². The largest absolute Gasteiger partial charge is 0.497 e. The predicted octanol–water partition coefficient (Wildman–Crippen LogP) is 3.12. The summed E-state index contributed by atoms with van der Waals surface area (Å²) in [6, 6.07) is 18.5. The van der Waals surface area contributed by atoms with E-state index in [-0.39, 0.29) is 22.9 Å². The lowest BCUT2D eigenvalue weighted by Crippen LogP contribution is -2.31. The molecule has 0 unspecified atom stereocenters. The molecule has 2 aromatic carbocycles. The second-order valence-corrected chi connectivity index (χ2v) is 9.50. The van der Waals surface area contributed by atoms with Gasteiger partial charge in [0.2, 0.25) is 0 Å². The monoisotopic (exact) mass is 477 g/mol. The Morgan fingerprint density at radius 3 is 2.35 bits per heavy atom. The summed E-state index contributed by atoms with van der Waals surface area (Å²) in [5.74, 6) is -0.255. The molecule has 2 heterocycles. The molecule has 174 valence electrons. The zero-order valence-electron chi connectivity index (χ0n) is 18.7. The van der Waals surface area contributed by atoms with Gasteiger partial charge in [-0.2, -0.15) is 0 Å². The van der Waals surface area contributed by atoms with Crippen molar-refractivity contribution in [2.75, 3.05) is 7.11 Å². The molecule has 0 bridgehead atoms. The molecule has 0 fully saturated rings. The van der Waals surface area contributed by atoms with Crippen LogP contribution in [0.25, 0.3) is 4.91 Å². The summed E-state index contributed by atoms with van der Waals surface area (Å²) >= 11 is 0. The lowest BCUT2D eigenvalue weighted by Gasteiger charge is -2.17. The van der Waals surface area contributed by atoms with Crippen LogP contribution < -0.4 is 10.1 Å². The Bertz CT molecular complexity index is 1350. The van der Waals surface area contributed by atoms with E-state index in [9.17, 15) is 18.0 Å². The van der Waals surface area contributed by atoms with E-state index in [1.165, 1.54) is 14.0 Å². The molecule has 34 heavy (non-hydrogen) atoms. The van der Waals surface area contributed by atoms with Crippen LogP contribution >= 0.6 is 0 Å². The van der Waals surface area contributed by atoms with Gasteiger partial charge in [0.1, 0.15) is 10.7 Å². The van der Waals surface area contributed by atoms with E-state index >= 15 is 0 Å². The number of carbonyl (C=O) groups excluding carboxylic acids is 2. The zero-order valence-corrected chi connectivity index (χ0v) is 19.5. The molecular formula is C25H23N3O5S. The molecule has 0 radical (unpaired) electrons. The third kappa shape index (κ3) is 4.55. The summed E-state index contributed by atoms with van der Waals surface area (Å²) in [6.07, 6.45) is 1.65. The summed E-state index contributed by atoms with van der Waals surface area (Å²) in [5.41, 5.74) is 2.33. The van der Waals surface area contributed by atoms with Gasteiger partial charge in [-0.15, -0.1) is 0 Å². The van der Waals surface area contributed by atoms with E-state index in [1.54, 1.807) is 60.8 Å². The van der Waals surface area contributed by atoms with Crippen LogP contribution in [0, 0.1) is 0 Å². The quantitative estimate of drug-likeness (QED) is 0.561. The summed E-state index contributed by atoms with van der Waals surface area (Å²) in [6.45, 7) is 1.67. The number of ether oxygens (including phenoxy) is 1. The molecule has 1 aliphatic rings. The first-order valence-corrected chi connectivity index (χ1v) is 11.9. The lowest BCUT2D eigenvalue weighted by atomic mass is 10.1. The minimum atomic E-state index is -4.03. The molecule has 2 amide bonds. The van der Waals surface area contributed by atoms with Gasteiger partial charge in [-0.3, -0.25) is 14.6 Å². The summed E-state index contributed by atoms with van der Waals surface area (Å²) in [5, 5.41) is 2.79. The number of aromatic nitrogens is 1. The third-order valence-electron chi connectivity index (χ3n) is 5.49. The number of amides is 2. The first-order chi connectivity index (χ1) is 16.3. The Kier molecular flexibility index (Phi) is 6.47. The second kappa shape index (κ2) is 9.48. The van der Waals surface area contributed by atoms with Gasteiger partial charge in [0.05, 0.1) is 25.9 Å². The standard InChI is InChI=1S/C25H23N3O5S/c1-17-23(19-10-12-22(33-2)13-11-19)34(31,32)28(25(17)30)16-18-6-8-20(9-7-18)24(29)27-15-21-5-3-4-14-26-21/h3-14H,15-16H2,1-2H3,(H,27,29). The third-order valence-corrected chi connectivity index (χ3v) is 7.42. The van der Waals surface area contributed by atoms with Crippen LogP contribution in [-0.4, -0.2) is 36.6 Å². The van der Waals surface area contributed by atoms with Crippen molar-refractivity contribution in [2.24, 2.45) is 0 Å². The second-order valence-electron chi connectivity index (χ2n) is 7.70. The van der Waals surface area contributed by atoms with Crippen molar-refractivity contribution in [1.29, 1.82) is 0 Å². The van der Waals surface area contributed by atoms with E-state index in [0.717, 1.165) is 10.00 Å². The first-order valence-electron chi connectivity index (χ1n) is 10.5. The highest BCUT2D eigenvalue weighted by Gasteiger charge is 2.42. The Morgan fingerprint density at radius 1 is 1.03 bits per heavy atom. The Labute approximate surface area is 197 Å². The van der Waals surface area contributed by atoms with E-state index in [1.807, 2.05) is 12.1 Å². The highest BCUT2D eigenvalue weighted by Crippen LogP contribution is 2.36. The molecule has 0 spiro atoms. The Morgan fingerprint density at radius 2 is 1.74 bits per heavy atom. The lowest BCUT2D eigenvalue weighted by molar-refractivity contribution is -0.122. The molecular weight excluding hydrogens is 454 g/mol. The van der Waals surface area contributed by atoms with Crippen molar-refractivity contribution in [2.45, 2.75) is 20.0 Å². The van der Waals surface area contributed by atoms with Gasteiger partial charge < -0.3 is 10.1 Å². The predicted molar refractivity (Wildman–Crippen MR) is 127 cm³/mol. The summed E-state index contributed by atoms with van der Waals surface area (Å²) < 4.78 is 32.4. The van der Waals surface area contributed by atoms with Crippen molar-refractivity contribution in [3.05, 3.63) is 101 Å². The molecule has 0 atom stereocenters. The molecule has 9 heteroatoms. The van der Waals surface area contributed by atoms with Gasteiger partial charge in [-0.1, -0.05) is 18.2 Å². The fourth-order valence-corrected chi connectivity index (χ4v) is 5.47. The van der Waals surface area contributed by atoms with Crippen molar-refractivity contribution >= 4 is 26.7 Å². The van der Waals surface area contributed by atoms with Crippen LogP contribution in [0.3, 0.4) is 0 Å². The number of sulfonamides is 1. The smallest absolute Gasteiger partial charge is 0.268 e. The summed E-state index contributed by atoms with van der Waals surface area (Å²) in [4.78, 5) is 29.4. The molecule has 8 nitrogen and oxygen atoms in total. The maximum absolute atomic E-state index is 13.2. The minimum Gasteiger partial charge on any atom is -0.497 e. The Balaban J connectivity index is 1.47. The van der Waals surface area contributed by atoms with Crippen molar-refractivity contribution in [3.8, 4) is 5.75 Å². The fraction of sp³-hybridized carbons (Fsp3) is 0.160. The number of carbonyl (C=O) groups is 2. The molecule has 0 aliphatic carbocycles. The maximum atomic E-state index is 13.2. The average Bonchev–Trinajstić information content (AvgIpc) is 3.02. The maximum Gasteiger partial charge on any atom is 0.268 e. The highest BCUT2D eigenvalue weighted by molar-refractivity contribution is 7.99. The molecule has 0 saturated carbocycles. The van der Waals surface area contributed by atoms with Crippen LogP contribution in [0.5, 0.6) is 5.75 Å². The fourth-order valence-electron chi connectivity index (χ4n) is 3.66. The van der Waals surface area contributed by atoms with Gasteiger partial charge in [-0.25, -0.2) is 12.7 Å². The number of nitrogens with one attached hydrogen (secondary N) is 1. The Hall–Kier alpha value is -3.98. The molecule has 4 rings (SSSR count). The number of pyridine rings is 1. The summed E-state index contributed by atoms with van der Waals surface area (Å²) in [7, 11) is -2.51. The minimum absolute atomic E-state index is 0.00864. The van der Waals surface area contributed by atoms with E-state index in [4.69, 9.17) is 4.74 Å². The van der Waals surface area contributed by atoms with Crippen LogP contribution in [0.15, 0.2) is 78.5 Å².